The first-order valence-corrected chi connectivity index (χ1v) is 21.3. The number of benzene rings is 4. The Balaban J connectivity index is 0.000000182. The summed E-state index contributed by atoms with van der Waals surface area (Å²) in [5.74, 6) is -3.23. The van der Waals surface area contributed by atoms with E-state index in [1.54, 1.807) is 38.1 Å². The standard InChI is InChI=1S/2C22H23NO5.C4H6O6/c2*1-2-27-22(25)20-19-16(14-23-10-12-26-13-11-23)17(24)8-9-18(19)28-21(20)15-6-4-3-5-7-15;5-1(3(7)8)2(6)4(9)10/h2*3-9,24H,2,10-14H2,1H3;1-2,5-6H,(H,7,8)(H,9,10). The lowest BCUT2D eigenvalue weighted by molar-refractivity contribution is -0.165. The van der Waals surface area contributed by atoms with Gasteiger partial charge in [-0.15, -0.1) is 0 Å². The highest BCUT2D eigenvalue weighted by Gasteiger charge is 2.31. The molecule has 2 aliphatic heterocycles. The molecule has 2 atom stereocenters. The molecule has 0 amide bonds. The monoisotopic (exact) mass is 912 g/mol. The van der Waals surface area contributed by atoms with E-state index in [4.69, 9.17) is 48.2 Å². The van der Waals surface area contributed by atoms with Crippen LogP contribution in [-0.4, -0.2) is 142 Å². The number of aliphatic hydroxyl groups excluding tert-OH is 2. The van der Waals surface area contributed by atoms with Crippen molar-refractivity contribution in [2.24, 2.45) is 0 Å². The number of carboxylic acids is 2. The van der Waals surface area contributed by atoms with Gasteiger partial charge in [-0.25, -0.2) is 19.2 Å². The summed E-state index contributed by atoms with van der Waals surface area (Å²) in [6, 6.07) is 25.6. The molecule has 18 heteroatoms. The van der Waals surface area contributed by atoms with Gasteiger partial charge < -0.3 is 58.4 Å². The lowest BCUT2D eigenvalue weighted by atomic mass is 10.0. The minimum Gasteiger partial charge on any atom is -0.508 e. The first-order chi connectivity index (χ1) is 31.8. The molecule has 2 aliphatic rings. The number of ether oxygens (including phenoxy) is 4. The third kappa shape index (κ3) is 11.5. The van der Waals surface area contributed by atoms with Crippen LogP contribution in [0.2, 0.25) is 0 Å². The van der Waals surface area contributed by atoms with Gasteiger partial charge in [0.15, 0.2) is 12.2 Å². The SMILES string of the molecule is CCOC(=O)c1c(-c2ccccc2)oc2ccc(O)c(CN3CCOCC3)c12.CCOC(=O)c1c(-c2ccccc2)oc2ccc(O)c(CN3CCOCC3)c12.O=C(O)C(O)C(O)C(=O)O. The Bertz CT molecular complexity index is 2420. The van der Waals surface area contributed by atoms with E-state index in [1.807, 2.05) is 60.7 Å². The zero-order valence-electron chi connectivity index (χ0n) is 36.4. The van der Waals surface area contributed by atoms with E-state index in [1.165, 1.54) is 0 Å². The van der Waals surface area contributed by atoms with Crippen molar-refractivity contribution in [3.05, 3.63) is 107 Å². The second-order valence-corrected chi connectivity index (χ2v) is 15.0. The van der Waals surface area contributed by atoms with Crippen LogP contribution in [0.15, 0.2) is 93.8 Å². The molecule has 4 aromatic carbocycles. The molecule has 0 bridgehead atoms. The van der Waals surface area contributed by atoms with Gasteiger partial charge in [0.25, 0.3) is 0 Å². The number of phenols is 2. The number of rotatable bonds is 13. The molecule has 0 radical (unpaired) electrons. The predicted octanol–water partition coefficient (Wildman–Crippen LogP) is 5.51. The largest absolute Gasteiger partial charge is 0.508 e. The number of furan rings is 2. The number of carbonyl (C=O) groups excluding carboxylic acids is 2. The predicted molar refractivity (Wildman–Crippen MR) is 238 cm³/mol. The molecule has 6 N–H and O–H groups in total. The third-order valence-corrected chi connectivity index (χ3v) is 10.7. The molecule has 6 aromatic rings. The van der Waals surface area contributed by atoms with E-state index in [0.29, 0.717) is 95.2 Å². The number of carboxylic acid groups (broad SMARTS) is 2. The van der Waals surface area contributed by atoms with Crippen molar-refractivity contribution < 1.29 is 77.6 Å². The van der Waals surface area contributed by atoms with Crippen molar-refractivity contribution in [2.75, 3.05) is 65.8 Å². The molecule has 2 saturated heterocycles. The fourth-order valence-corrected chi connectivity index (χ4v) is 7.44. The van der Waals surface area contributed by atoms with Crippen LogP contribution in [0, 0.1) is 0 Å². The molecular formula is C48H52N2O16. The summed E-state index contributed by atoms with van der Waals surface area (Å²) in [7, 11) is 0. The van der Waals surface area contributed by atoms with E-state index in [9.17, 15) is 29.4 Å². The number of phenolic OH excluding ortho intramolecular Hbond substituents is 2. The van der Waals surface area contributed by atoms with Crippen LogP contribution in [0.3, 0.4) is 0 Å². The van der Waals surface area contributed by atoms with Crippen molar-refractivity contribution in [2.45, 2.75) is 39.1 Å². The summed E-state index contributed by atoms with van der Waals surface area (Å²) in [5, 5.41) is 55.0. The molecule has 2 aromatic heterocycles. The highest BCUT2D eigenvalue weighted by atomic mass is 16.5. The number of nitrogens with zero attached hydrogens (tertiary/aromatic N) is 2. The maximum absolute atomic E-state index is 12.9. The van der Waals surface area contributed by atoms with E-state index < -0.39 is 36.1 Å². The molecule has 0 saturated carbocycles. The summed E-state index contributed by atoms with van der Waals surface area (Å²) in [4.78, 5) is 49.7. The Kier molecular flexibility index (Phi) is 16.9. The highest BCUT2D eigenvalue weighted by molar-refractivity contribution is 6.11. The van der Waals surface area contributed by atoms with Gasteiger partial charge in [-0.2, -0.15) is 0 Å². The van der Waals surface area contributed by atoms with Gasteiger partial charge in [0.2, 0.25) is 0 Å². The molecule has 66 heavy (non-hydrogen) atoms. The Morgan fingerprint density at radius 1 is 0.561 bits per heavy atom. The topological polar surface area (TPSA) is 259 Å². The number of aliphatic hydroxyl groups is 2. The normalized spacial score (nSPS) is 15.2. The fraction of sp³-hybridized carbons (Fsp3) is 0.333. The van der Waals surface area contributed by atoms with Crippen LogP contribution >= 0.6 is 0 Å². The van der Waals surface area contributed by atoms with Crippen LogP contribution in [0.4, 0.5) is 0 Å². The molecular weight excluding hydrogens is 861 g/mol. The van der Waals surface area contributed by atoms with Gasteiger partial charge >= 0.3 is 23.9 Å². The summed E-state index contributed by atoms with van der Waals surface area (Å²) in [6.45, 7) is 10.8. The van der Waals surface area contributed by atoms with Gasteiger partial charge in [-0.3, -0.25) is 9.80 Å². The third-order valence-electron chi connectivity index (χ3n) is 10.7. The van der Waals surface area contributed by atoms with Crippen molar-refractivity contribution in [1.82, 2.24) is 9.80 Å². The zero-order chi connectivity index (χ0) is 47.3. The van der Waals surface area contributed by atoms with E-state index >= 15 is 0 Å². The average Bonchev–Trinajstić information content (AvgIpc) is 3.92. The molecule has 4 heterocycles. The molecule has 2 fully saturated rings. The number of aliphatic carboxylic acids is 2. The number of morpholine rings is 2. The Labute approximate surface area is 378 Å². The lowest BCUT2D eigenvalue weighted by Crippen LogP contribution is -2.39. The van der Waals surface area contributed by atoms with E-state index in [-0.39, 0.29) is 24.7 Å². The smallest absolute Gasteiger partial charge is 0.342 e. The van der Waals surface area contributed by atoms with Crippen LogP contribution in [0.25, 0.3) is 44.6 Å². The maximum Gasteiger partial charge on any atom is 0.342 e. The Hall–Kier alpha value is -6.80. The Morgan fingerprint density at radius 3 is 1.23 bits per heavy atom. The number of aromatic hydroxyl groups is 2. The maximum atomic E-state index is 12.9. The number of hydrogen-bond acceptors (Lipinski definition) is 16. The van der Waals surface area contributed by atoms with Crippen molar-refractivity contribution in [1.29, 1.82) is 0 Å². The number of carbonyl (C=O) groups is 4. The second-order valence-electron chi connectivity index (χ2n) is 15.0. The number of hydrogen-bond donors (Lipinski definition) is 6. The molecule has 0 spiro atoms. The molecule has 18 nitrogen and oxygen atoms in total. The summed E-state index contributed by atoms with van der Waals surface area (Å²) in [6.07, 6.45) is -4.53. The van der Waals surface area contributed by atoms with Gasteiger partial charge in [-0.1, -0.05) is 60.7 Å². The summed E-state index contributed by atoms with van der Waals surface area (Å²) in [5.41, 5.74) is 4.77. The van der Waals surface area contributed by atoms with Crippen LogP contribution < -0.4 is 0 Å². The molecule has 2 unspecified atom stereocenters. The summed E-state index contributed by atoms with van der Waals surface area (Å²) >= 11 is 0. The Morgan fingerprint density at radius 2 is 0.909 bits per heavy atom. The highest BCUT2D eigenvalue weighted by Crippen LogP contribution is 2.41. The van der Waals surface area contributed by atoms with Crippen LogP contribution in [0.5, 0.6) is 11.5 Å². The van der Waals surface area contributed by atoms with Gasteiger partial charge in [0.1, 0.15) is 45.3 Å². The van der Waals surface area contributed by atoms with Crippen molar-refractivity contribution in [3.8, 4) is 34.1 Å². The van der Waals surface area contributed by atoms with E-state index in [2.05, 4.69) is 9.80 Å². The quantitative estimate of drug-likeness (QED) is 0.0781. The van der Waals surface area contributed by atoms with Gasteiger partial charge in [-0.05, 0) is 38.1 Å². The van der Waals surface area contributed by atoms with E-state index in [0.717, 1.165) is 37.3 Å². The molecule has 8 rings (SSSR count). The first kappa shape index (κ1) is 48.7. The minimum absolute atomic E-state index is 0.143. The van der Waals surface area contributed by atoms with Crippen LogP contribution in [0.1, 0.15) is 45.7 Å². The lowest BCUT2D eigenvalue weighted by Gasteiger charge is -2.27. The minimum atomic E-state index is -2.27. The van der Waals surface area contributed by atoms with Crippen LogP contribution in [-0.2, 0) is 41.6 Å². The molecule has 0 aliphatic carbocycles. The fourth-order valence-electron chi connectivity index (χ4n) is 7.44. The molecule has 350 valence electrons. The van der Waals surface area contributed by atoms with Gasteiger partial charge in [0, 0.05) is 72.3 Å². The number of fused-ring (bicyclic) bond motifs is 2. The van der Waals surface area contributed by atoms with Crippen molar-refractivity contribution >= 4 is 45.8 Å². The number of esters is 2. The first-order valence-electron chi connectivity index (χ1n) is 21.3. The van der Waals surface area contributed by atoms with Crippen molar-refractivity contribution in [3.63, 3.8) is 0 Å². The summed E-state index contributed by atoms with van der Waals surface area (Å²) < 4.78 is 33.6. The van der Waals surface area contributed by atoms with Gasteiger partial charge in [0.05, 0.1) is 39.6 Å². The second kappa shape index (κ2) is 22.9. The average molecular weight is 913 g/mol. The zero-order valence-corrected chi connectivity index (χ0v) is 36.4.